The molecular weight excluding hydrogens is 436 g/mol. The Hall–Kier alpha value is -1.70. The fourth-order valence-electron chi connectivity index (χ4n) is 3.33. The molecule has 2 aromatic carbocycles. The number of carbonyl (C=O) groups is 1. The van der Waals surface area contributed by atoms with Gasteiger partial charge in [-0.1, -0.05) is 60.6 Å². The van der Waals surface area contributed by atoms with Crippen LogP contribution in [0.15, 0.2) is 70.5 Å². The zero-order valence-electron chi connectivity index (χ0n) is 21.4. The normalized spacial score (nSPS) is 16.2. The average molecular weight is 481 g/mol. The summed E-state index contributed by atoms with van der Waals surface area (Å²) < 4.78 is 12.6. The number of benzene rings is 2. The van der Waals surface area contributed by atoms with Crippen molar-refractivity contribution in [2.24, 2.45) is 0 Å². The van der Waals surface area contributed by atoms with E-state index in [2.05, 4.69) is 81.4 Å². The van der Waals surface area contributed by atoms with Crippen molar-refractivity contribution in [3.63, 3.8) is 0 Å². The van der Waals surface area contributed by atoms with Crippen molar-refractivity contribution in [2.45, 2.75) is 87.7 Å². The van der Waals surface area contributed by atoms with Crippen LogP contribution in [0.2, 0.25) is 0 Å². The molecule has 1 heterocycles. The van der Waals surface area contributed by atoms with Gasteiger partial charge in [-0.05, 0) is 71.7 Å². The van der Waals surface area contributed by atoms with E-state index in [1.165, 1.54) is 23.6 Å². The molecule has 33 heavy (non-hydrogen) atoms. The second kappa shape index (κ2) is 15.3. The SMILES string of the molecule is C=O.CC.CC(C)(C)S(OC[C@@H]1CCCO1)(c1ccccc1)c1ccccc1.CC(C)(O)O. The van der Waals surface area contributed by atoms with Crippen LogP contribution in [-0.4, -0.2) is 46.9 Å². The molecule has 0 aromatic heterocycles. The minimum absolute atomic E-state index is 0.0195. The van der Waals surface area contributed by atoms with Gasteiger partial charge >= 0.3 is 0 Å². The summed E-state index contributed by atoms with van der Waals surface area (Å²) in [6, 6.07) is 21.4. The van der Waals surface area contributed by atoms with Gasteiger partial charge in [-0.25, -0.2) is 0 Å². The summed E-state index contributed by atoms with van der Waals surface area (Å²) in [5.41, 5.74) is 0. The van der Waals surface area contributed by atoms with E-state index in [0.717, 1.165) is 19.4 Å². The van der Waals surface area contributed by atoms with Crippen molar-refractivity contribution in [1.29, 1.82) is 0 Å². The molecule has 0 aliphatic carbocycles. The molecule has 2 N–H and O–H groups in total. The molecule has 1 fully saturated rings. The van der Waals surface area contributed by atoms with Gasteiger partial charge in [0, 0.05) is 21.1 Å². The monoisotopic (exact) mass is 480 g/mol. The Morgan fingerprint density at radius 3 is 1.61 bits per heavy atom. The van der Waals surface area contributed by atoms with E-state index in [1.54, 1.807) is 0 Å². The van der Waals surface area contributed by atoms with Crippen LogP contribution in [0.25, 0.3) is 0 Å². The summed E-state index contributed by atoms with van der Waals surface area (Å²) in [7, 11) is -1.64. The summed E-state index contributed by atoms with van der Waals surface area (Å²) in [5.74, 6) is -1.50. The minimum Gasteiger partial charge on any atom is -0.376 e. The molecule has 0 bridgehead atoms. The Balaban J connectivity index is 0.000000991. The number of hydrogen-bond acceptors (Lipinski definition) is 5. The van der Waals surface area contributed by atoms with E-state index < -0.39 is 16.1 Å². The first-order chi connectivity index (χ1) is 15.5. The van der Waals surface area contributed by atoms with Crippen LogP contribution in [0.4, 0.5) is 0 Å². The first-order valence-electron chi connectivity index (χ1n) is 11.5. The van der Waals surface area contributed by atoms with Crippen LogP contribution in [-0.2, 0) is 13.7 Å². The van der Waals surface area contributed by atoms with Gasteiger partial charge < -0.3 is 23.9 Å². The fourth-order valence-corrected chi connectivity index (χ4v) is 7.08. The van der Waals surface area contributed by atoms with Gasteiger partial charge in [-0.15, -0.1) is 0 Å². The van der Waals surface area contributed by atoms with Crippen molar-refractivity contribution in [2.75, 3.05) is 13.2 Å². The zero-order valence-corrected chi connectivity index (χ0v) is 22.2. The smallest absolute Gasteiger partial charge is 0.156 e. The third-order valence-electron chi connectivity index (χ3n) is 4.47. The predicted octanol–water partition coefficient (Wildman–Crippen LogP) is 6.37. The molecule has 6 heteroatoms. The average Bonchev–Trinajstić information content (AvgIpc) is 3.30. The van der Waals surface area contributed by atoms with Gasteiger partial charge in [0.15, 0.2) is 5.79 Å². The Bertz CT molecular complexity index is 687. The van der Waals surface area contributed by atoms with E-state index in [4.69, 9.17) is 23.9 Å². The van der Waals surface area contributed by atoms with Gasteiger partial charge in [0.1, 0.15) is 6.79 Å². The molecule has 1 aliphatic rings. The highest BCUT2D eigenvalue weighted by Gasteiger charge is 2.42. The number of hydrogen-bond donors (Lipinski definition) is 2. The second-order valence-corrected chi connectivity index (χ2v) is 12.2. The van der Waals surface area contributed by atoms with Crippen LogP contribution in [0, 0.1) is 0 Å². The predicted molar refractivity (Wildman–Crippen MR) is 139 cm³/mol. The maximum Gasteiger partial charge on any atom is 0.156 e. The quantitative estimate of drug-likeness (QED) is 0.487. The topological polar surface area (TPSA) is 76.0 Å². The molecule has 3 rings (SSSR count). The highest BCUT2D eigenvalue weighted by atomic mass is 32.3. The van der Waals surface area contributed by atoms with E-state index in [0.29, 0.717) is 6.61 Å². The highest BCUT2D eigenvalue weighted by molar-refractivity contribution is 8.31. The summed E-state index contributed by atoms with van der Waals surface area (Å²) in [4.78, 5) is 10.6. The molecule has 0 unspecified atom stereocenters. The summed E-state index contributed by atoms with van der Waals surface area (Å²) in [6.07, 6.45) is 2.47. The second-order valence-electron chi connectivity index (χ2n) is 8.71. The summed E-state index contributed by atoms with van der Waals surface area (Å²) >= 11 is 0. The lowest BCUT2D eigenvalue weighted by atomic mass is 10.2. The fraction of sp³-hybridized carbons (Fsp3) is 0.519. The molecule has 0 amide bonds. The molecule has 188 valence electrons. The van der Waals surface area contributed by atoms with Gasteiger partial charge in [-0.3, -0.25) is 0 Å². The van der Waals surface area contributed by atoms with Crippen LogP contribution in [0.3, 0.4) is 0 Å². The first-order valence-corrected chi connectivity index (χ1v) is 13.0. The third kappa shape index (κ3) is 10.4. The maximum absolute atomic E-state index is 8.08. The van der Waals surface area contributed by atoms with E-state index in [1.807, 2.05) is 20.6 Å². The van der Waals surface area contributed by atoms with Crippen LogP contribution < -0.4 is 0 Å². The highest BCUT2D eigenvalue weighted by Crippen LogP contribution is 2.71. The van der Waals surface area contributed by atoms with Crippen molar-refractivity contribution in [3.05, 3.63) is 60.7 Å². The maximum atomic E-state index is 8.08. The first kappa shape index (κ1) is 31.3. The Morgan fingerprint density at radius 2 is 1.30 bits per heavy atom. The van der Waals surface area contributed by atoms with Crippen molar-refractivity contribution < 1.29 is 23.9 Å². The van der Waals surface area contributed by atoms with Crippen LogP contribution in [0.5, 0.6) is 0 Å². The summed E-state index contributed by atoms with van der Waals surface area (Å²) in [5, 5.41) is 16.2. The third-order valence-corrected chi connectivity index (χ3v) is 8.55. The number of rotatable bonds is 5. The Morgan fingerprint density at radius 1 is 0.909 bits per heavy atom. The summed E-state index contributed by atoms with van der Waals surface area (Å²) in [6.45, 7) is 17.0. The Kier molecular flexibility index (Phi) is 14.5. The lowest BCUT2D eigenvalue weighted by molar-refractivity contribution is -0.127. The largest absolute Gasteiger partial charge is 0.376 e. The lowest BCUT2D eigenvalue weighted by Gasteiger charge is -2.50. The Labute approximate surface area is 202 Å². The number of aliphatic hydroxyl groups is 2. The van der Waals surface area contributed by atoms with E-state index in [9.17, 15) is 0 Å². The standard InChI is InChI=1S/C21H28O2S.C3H8O2.C2H6.CH2O/c1-21(2,3)24(19-12-6-4-7-13-19,20-14-8-5-9-15-20)23-17-18-11-10-16-22-18;1-3(2,4)5;2*1-2/h4-9,12-15,18H,10-11,16-17H2,1-3H3;4-5H,1-2H3;1-2H3;1H2/t18-;;;/m0.../s1. The lowest BCUT2D eigenvalue weighted by Crippen LogP contribution is -2.30. The van der Waals surface area contributed by atoms with Crippen LogP contribution >= 0.6 is 10.3 Å². The molecule has 0 spiro atoms. The van der Waals surface area contributed by atoms with Gasteiger partial charge in [0.2, 0.25) is 0 Å². The zero-order chi connectivity index (χ0) is 25.5. The van der Waals surface area contributed by atoms with Crippen LogP contribution in [0.1, 0.15) is 61.3 Å². The molecule has 0 radical (unpaired) electrons. The molecule has 0 saturated carbocycles. The van der Waals surface area contributed by atoms with Crippen molar-refractivity contribution in [3.8, 4) is 0 Å². The van der Waals surface area contributed by atoms with Gasteiger partial charge in [0.05, 0.1) is 12.7 Å². The van der Waals surface area contributed by atoms with E-state index in [-0.39, 0.29) is 10.9 Å². The molecule has 1 aliphatic heterocycles. The van der Waals surface area contributed by atoms with E-state index >= 15 is 0 Å². The molecule has 2 aromatic rings. The van der Waals surface area contributed by atoms with Crippen molar-refractivity contribution >= 4 is 17.1 Å². The minimum atomic E-state index is -1.64. The van der Waals surface area contributed by atoms with Crippen molar-refractivity contribution in [1.82, 2.24) is 0 Å². The number of carbonyl (C=O) groups excluding carboxylic acids is 1. The molecular formula is C27H44O5S. The number of ether oxygens (including phenoxy) is 1. The molecule has 1 atom stereocenters. The molecule has 1 saturated heterocycles. The van der Waals surface area contributed by atoms with Gasteiger partial charge in [-0.2, -0.15) is 0 Å². The van der Waals surface area contributed by atoms with Gasteiger partial charge in [0.25, 0.3) is 0 Å². The molecule has 5 nitrogen and oxygen atoms in total.